The van der Waals surface area contributed by atoms with E-state index in [1.54, 1.807) is 24.3 Å². The van der Waals surface area contributed by atoms with E-state index in [1.807, 2.05) is 0 Å². The van der Waals surface area contributed by atoms with Gasteiger partial charge < -0.3 is 9.15 Å². The highest BCUT2D eigenvalue weighted by Crippen LogP contribution is 2.37. The van der Waals surface area contributed by atoms with Gasteiger partial charge in [-0.1, -0.05) is 12.1 Å². The molecular formula is C16H11F3N2O2. The highest BCUT2D eigenvalue weighted by Gasteiger charge is 2.34. The van der Waals surface area contributed by atoms with Gasteiger partial charge in [0.05, 0.1) is 18.2 Å². The largest absolute Gasteiger partial charge is 0.497 e. The maximum absolute atomic E-state index is 13.0. The Morgan fingerprint density at radius 1 is 0.913 bits per heavy atom. The van der Waals surface area contributed by atoms with Crippen molar-refractivity contribution in [1.82, 2.24) is 10.2 Å². The van der Waals surface area contributed by atoms with Crippen LogP contribution in [0.4, 0.5) is 13.2 Å². The smallest absolute Gasteiger partial charge is 0.417 e. The Kier molecular flexibility index (Phi) is 3.77. The zero-order valence-electron chi connectivity index (χ0n) is 12.0. The van der Waals surface area contributed by atoms with Gasteiger partial charge in [0.2, 0.25) is 11.8 Å². The molecule has 0 amide bonds. The van der Waals surface area contributed by atoms with Crippen LogP contribution < -0.4 is 4.74 Å². The molecule has 0 fully saturated rings. The first-order valence-corrected chi connectivity index (χ1v) is 6.63. The van der Waals surface area contributed by atoms with E-state index < -0.39 is 11.7 Å². The zero-order valence-corrected chi connectivity index (χ0v) is 12.0. The first-order valence-electron chi connectivity index (χ1n) is 6.63. The summed E-state index contributed by atoms with van der Waals surface area (Å²) in [6, 6.07) is 11.8. The maximum Gasteiger partial charge on any atom is 0.417 e. The Balaban J connectivity index is 1.99. The molecule has 1 aromatic heterocycles. The second kappa shape index (κ2) is 5.75. The van der Waals surface area contributed by atoms with Crippen LogP contribution in [0.3, 0.4) is 0 Å². The Hall–Kier alpha value is -2.83. The number of hydrogen-bond donors (Lipinski definition) is 0. The van der Waals surface area contributed by atoms with Gasteiger partial charge in [-0.3, -0.25) is 0 Å². The van der Waals surface area contributed by atoms with Gasteiger partial charge in [-0.25, -0.2) is 0 Å². The lowest BCUT2D eigenvalue weighted by Crippen LogP contribution is -2.06. The van der Waals surface area contributed by atoms with Gasteiger partial charge in [-0.15, -0.1) is 10.2 Å². The fraction of sp³-hybridized carbons (Fsp3) is 0.125. The van der Waals surface area contributed by atoms with E-state index in [4.69, 9.17) is 9.15 Å². The molecule has 0 aliphatic rings. The summed E-state index contributed by atoms with van der Waals surface area (Å²) in [4.78, 5) is 0. The quantitative estimate of drug-likeness (QED) is 0.716. The van der Waals surface area contributed by atoms with Crippen LogP contribution >= 0.6 is 0 Å². The molecule has 0 aliphatic heterocycles. The lowest BCUT2D eigenvalue weighted by Gasteiger charge is -2.09. The Morgan fingerprint density at radius 3 is 2.22 bits per heavy atom. The molecule has 0 saturated heterocycles. The highest BCUT2D eigenvalue weighted by atomic mass is 19.4. The molecule has 0 unspecified atom stereocenters. The summed E-state index contributed by atoms with van der Waals surface area (Å²) in [6.07, 6.45) is -4.49. The number of nitrogens with zero attached hydrogens (tertiary/aromatic N) is 2. The first-order chi connectivity index (χ1) is 11.0. The molecule has 7 heteroatoms. The minimum absolute atomic E-state index is 0.139. The Morgan fingerprint density at radius 2 is 1.57 bits per heavy atom. The lowest BCUT2D eigenvalue weighted by atomic mass is 10.1. The zero-order chi connectivity index (χ0) is 16.4. The van der Waals surface area contributed by atoms with Crippen molar-refractivity contribution < 1.29 is 22.3 Å². The standard InChI is InChI=1S/C16H11F3N2O2/c1-22-11-8-6-10(7-9-11)14-20-21-15(23-14)12-4-2-3-5-13(12)16(17,18)19/h2-9H,1H3. The molecule has 0 N–H and O–H groups in total. The molecule has 1 heterocycles. The minimum Gasteiger partial charge on any atom is -0.497 e. The summed E-state index contributed by atoms with van der Waals surface area (Å²) in [5.74, 6) is 0.610. The van der Waals surface area contributed by atoms with E-state index in [0.29, 0.717) is 11.3 Å². The fourth-order valence-electron chi connectivity index (χ4n) is 2.10. The fourth-order valence-corrected chi connectivity index (χ4v) is 2.10. The molecule has 4 nitrogen and oxygen atoms in total. The van der Waals surface area contributed by atoms with Crippen molar-refractivity contribution in [2.45, 2.75) is 6.18 Å². The van der Waals surface area contributed by atoms with Crippen molar-refractivity contribution >= 4 is 0 Å². The second-order valence-electron chi connectivity index (χ2n) is 4.68. The van der Waals surface area contributed by atoms with Crippen LogP contribution in [-0.4, -0.2) is 17.3 Å². The van der Waals surface area contributed by atoms with Gasteiger partial charge in [-0.2, -0.15) is 13.2 Å². The number of aromatic nitrogens is 2. The number of halogens is 3. The number of methoxy groups -OCH3 is 1. The second-order valence-corrected chi connectivity index (χ2v) is 4.68. The van der Waals surface area contributed by atoms with Crippen LogP contribution in [0.5, 0.6) is 5.75 Å². The minimum atomic E-state index is -4.49. The normalized spacial score (nSPS) is 11.5. The van der Waals surface area contributed by atoms with Crippen LogP contribution in [0.2, 0.25) is 0 Å². The summed E-state index contributed by atoms with van der Waals surface area (Å²) in [7, 11) is 1.54. The van der Waals surface area contributed by atoms with Crippen LogP contribution in [0.15, 0.2) is 52.9 Å². The summed E-state index contributed by atoms with van der Waals surface area (Å²) in [6.45, 7) is 0. The number of ether oxygens (including phenoxy) is 1. The van der Waals surface area contributed by atoms with E-state index >= 15 is 0 Å². The average Bonchev–Trinajstić information content (AvgIpc) is 3.04. The van der Waals surface area contributed by atoms with Crippen LogP contribution in [0.1, 0.15) is 5.56 Å². The molecular weight excluding hydrogens is 309 g/mol. The van der Waals surface area contributed by atoms with Gasteiger partial charge in [0.25, 0.3) is 0 Å². The third kappa shape index (κ3) is 3.03. The molecule has 0 atom stereocenters. The number of benzene rings is 2. The van der Waals surface area contributed by atoms with E-state index in [-0.39, 0.29) is 17.3 Å². The molecule has 3 rings (SSSR count). The van der Waals surface area contributed by atoms with Gasteiger partial charge in [0.1, 0.15) is 5.75 Å². The Bertz CT molecular complexity index is 811. The van der Waals surface area contributed by atoms with Crippen LogP contribution in [-0.2, 0) is 6.18 Å². The van der Waals surface area contributed by atoms with Gasteiger partial charge in [0.15, 0.2) is 0 Å². The van der Waals surface area contributed by atoms with E-state index in [2.05, 4.69) is 10.2 Å². The predicted molar refractivity (Wildman–Crippen MR) is 76.7 cm³/mol. The maximum atomic E-state index is 13.0. The third-order valence-electron chi connectivity index (χ3n) is 3.22. The van der Waals surface area contributed by atoms with E-state index in [9.17, 15) is 13.2 Å². The van der Waals surface area contributed by atoms with Gasteiger partial charge >= 0.3 is 6.18 Å². The van der Waals surface area contributed by atoms with Gasteiger partial charge in [0, 0.05) is 5.56 Å². The molecule has 0 bridgehead atoms. The molecule has 0 radical (unpaired) electrons. The molecule has 0 aliphatic carbocycles. The summed E-state index contributed by atoms with van der Waals surface area (Å²) in [5.41, 5.74) is -0.369. The summed E-state index contributed by atoms with van der Waals surface area (Å²) >= 11 is 0. The number of rotatable bonds is 3. The van der Waals surface area contributed by atoms with Crippen molar-refractivity contribution in [2.24, 2.45) is 0 Å². The van der Waals surface area contributed by atoms with Crippen molar-refractivity contribution in [3.8, 4) is 28.7 Å². The predicted octanol–water partition coefficient (Wildman–Crippen LogP) is 4.43. The molecule has 2 aromatic carbocycles. The lowest BCUT2D eigenvalue weighted by molar-refractivity contribution is -0.137. The van der Waals surface area contributed by atoms with E-state index in [0.717, 1.165) is 6.07 Å². The Labute approximate surface area is 129 Å². The first kappa shape index (κ1) is 15.1. The SMILES string of the molecule is COc1ccc(-c2nnc(-c3ccccc3C(F)(F)F)o2)cc1. The summed E-state index contributed by atoms with van der Waals surface area (Å²) < 4.78 is 49.6. The van der Waals surface area contributed by atoms with Crippen molar-refractivity contribution in [1.29, 1.82) is 0 Å². The van der Waals surface area contributed by atoms with Crippen LogP contribution in [0, 0.1) is 0 Å². The molecule has 23 heavy (non-hydrogen) atoms. The topological polar surface area (TPSA) is 48.2 Å². The molecule has 0 spiro atoms. The monoisotopic (exact) mass is 320 g/mol. The average molecular weight is 320 g/mol. The van der Waals surface area contributed by atoms with Crippen LogP contribution in [0.25, 0.3) is 22.9 Å². The van der Waals surface area contributed by atoms with Crippen molar-refractivity contribution in [2.75, 3.05) is 7.11 Å². The molecule has 118 valence electrons. The van der Waals surface area contributed by atoms with Crippen molar-refractivity contribution in [3.63, 3.8) is 0 Å². The number of alkyl halides is 3. The van der Waals surface area contributed by atoms with Gasteiger partial charge in [-0.05, 0) is 36.4 Å². The highest BCUT2D eigenvalue weighted by molar-refractivity contribution is 5.62. The molecule has 3 aromatic rings. The summed E-state index contributed by atoms with van der Waals surface area (Å²) in [5, 5.41) is 7.55. The molecule has 0 saturated carbocycles. The third-order valence-corrected chi connectivity index (χ3v) is 3.22. The van der Waals surface area contributed by atoms with E-state index in [1.165, 1.54) is 25.3 Å². The van der Waals surface area contributed by atoms with Crippen molar-refractivity contribution in [3.05, 3.63) is 54.1 Å². The number of hydrogen-bond acceptors (Lipinski definition) is 4.